The molecule has 0 unspecified atom stereocenters. The first kappa shape index (κ1) is 17.7. The van der Waals surface area contributed by atoms with Crippen LogP contribution in [-0.4, -0.2) is 31.6 Å². The number of hydrogen-bond acceptors (Lipinski definition) is 4. The number of halogens is 2. The molecule has 0 heterocycles. The minimum atomic E-state index is -0.678. The molecule has 0 saturated carbocycles. The van der Waals surface area contributed by atoms with Crippen molar-refractivity contribution in [2.24, 2.45) is 0 Å². The van der Waals surface area contributed by atoms with Gasteiger partial charge in [0, 0.05) is 5.02 Å². The molecule has 2 aromatic carbocycles. The molecule has 0 spiro atoms. The third kappa shape index (κ3) is 5.55. The van der Waals surface area contributed by atoms with Crippen LogP contribution in [0.15, 0.2) is 48.5 Å². The summed E-state index contributed by atoms with van der Waals surface area (Å²) in [5, 5.41) is 2.89. The maximum absolute atomic E-state index is 13.4. The largest absolute Gasteiger partial charge is 0.490 e. The first-order valence-electron chi connectivity index (χ1n) is 7.13. The molecule has 0 saturated heterocycles. The summed E-state index contributed by atoms with van der Waals surface area (Å²) >= 11 is 5.75. The SMILES string of the molecule is O=C(CNC(=O)c1ccccc1F)OCCOc1ccc(Cl)cc1. The maximum atomic E-state index is 13.4. The molecular formula is C17H15ClFNO4. The fraction of sp³-hybridized carbons (Fsp3) is 0.176. The molecule has 1 amide bonds. The Bertz CT molecular complexity index is 706. The summed E-state index contributed by atoms with van der Waals surface area (Å²) < 4.78 is 23.7. The molecule has 7 heteroatoms. The highest BCUT2D eigenvalue weighted by molar-refractivity contribution is 6.30. The first-order chi connectivity index (χ1) is 11.6. The standard InChI is InChI=1S/C17H15ClFNO4/c18-12-5-7-13(8-6-12)23-9-10-24-16(21)11-20-17(22)14-3-1-2-4-15(14)19/h1-8H,9-11H2,(H,20,22). The second-order valence-corrected chi connectivity index (χ2v) is 5.12. The van der Waals surface area contributed by atoms with E-state index in [2.05, 4.69) is 5.32 Å². The van der Waals surface area contributed by atoms with Crippen LogP contribution in [-0.2, 0) is 9.53 Å². The minimum absolute atomic E-state index is 0.0248. The molecule has 5 nitrogen and oxygen atoms in total. The lowest BCUT2D eigenvalue weighted by Gasteiger charge is -2.08. The van der Waals surface area contributed by atoms with Crippen molar-refractivity contribution in [3.63, 3.8) is 0 Å². The second-order valence-electron chi connectivity index (χ2n) is 4.69. The quantitative estimate of drug-likeness (QED) is 0.615. The summed E-state index contributed by atoms with van der Waals surface area (Å²) in [6.07, 6.45) is 0. The molecule has 24 heavy (non-hydrogen) atoms. The highest BCUT2D eigenvalue weighted by atomic mass is 35.5. The molecule has 0 radical (unpaired) electrons. The van der Waals surface area contributed by atoms with Crippen molar-refractivity contribution in [1.29, 1.82) is 0 Å². The Kier molecular flexibility index (Phi) is 6.57. The van der Waals surface area contributed by atoms with E-state index < -0.39 is 17.7 Å². The van der Waals surface area contributed by atoms with Crippen LogP contribution >= 0.6 is 11.6 Å². The topological polar surface area (TPSA) is 64.6 Å². The molecule has 0 fully saturated rings. The van der Waals surface area contributed by atoms with E-state index in [1.165, 1.54) is 24.3 Å². The van der Waals surface area contributed by atoms with E-state index >= 15 is 0 Å². The second kappa shape index (κ2) is 8.88. The molecule has 0 bridgehead atoms. The third-order valence-electron chi connectivity index (χ3n) is 2.94. The normalized spacial score (nSPS) is 10.1. The van der Waals surface area contributed by atoms with Crippen molar-refractivity contribution in [3.8, 4) is 5.75 Å². The molecule has 0 aromatic heterocycles. The van der Waals surface area contributed by atoms with Gasteiger partial charge in [-0.2, -0.15) is 0 Å². The molecule has 0 aliphatic carbocycles. The smallest absolute Gasteiger partial charge is 0.325 e. The van der Waals surface area contributed by atoms with Crippen LogP contribution < -0.4 is 10.1 Å². The summed E-state index contributed by atoms with van der Waals surface area (Å²) in [6.45, 7) is -0.167. The van der Waals surface area contributed by atoms with Gasteiger partial charge in [-0.05, 0) is 36.4 Å². The molecule has 0 aliphatic rings. The van der Waals surface area contributed by atoms with Gasteiger partial charge in [-0.15, -0.1) is 0 Å². The minimum Gasteiger partial charge on any atom is -0.490 e. The number of benzene rings is 2. The number of carbonyl (C=O) groups excluding carboxylic acids is 2. The highest BCUT2D eigenvalue weighted by Gasteiger charge is 2.12. The summed E-state index contributed by atoms with van der Waals surface area (Å²) in [4.78, 5) is 23.2. The predicted molar refractivity (Wildman–Crippen MR) is 86.6 cm³/mol. The number of carbonyl (C=O) groups is 2. The molecule has 126 valence electrons. The number of rotatable bonds is 7. The van der Waals surface area contributed by atoms with E-state index in [1.807, 2.05) is 0 Å². The van der Waals surface area contributed by atoms with Crippen molar-refractivity contribution < 1.29 is 23.5 Å². The molecule has 0 aliphatic heterocycles. The fourth-order valence-electron chi connectivity index (χ4n) is 1.79. The van der Waals surface area contributed by atoms with Crippen LogP contribution in [0.3, 0.4) is 0 Å². The lowest BCUT2D eigenvalue weighted by atomic mass is 10.2. The fourth-order valence-corrected chi connectivity index (χ4v) is 1.92. The number of ether oxygens (including phenoxy) is 2. The Morgan fingerprint density at radius 3 is 2.46 bits per heavy atom. The predicted octanol–water partition coefficient (Wildman–Crippen LogP) is 2.83. The molecule has 1 N–H and O–H groups in total. The highest BCUT2D eigenvalue weighted by Crippen LogP contribution is 2.15. The Morgan fingerprint density at radius 1 is 1.04 bits per heavy atom. The summed E-state index contributed by atoms with van der Waals surface area (Å²) in [5.74, 6) is -1.37. The average Bonchev–Trinajstić information content (AvgIpc) is 2.58. The lowest BCUT2D eigenvalue weighted by molar-refractivity contribution is -0.143. The van der Waals surface area contributed by atoms with Crippen LogP contribution in [0.2, 0.25) is 5.02 Å². The Morgan fingerprint density at radius 2 is 1.75 bits per heavy atom. The zero-order valence-electron chi connectivity index (χ0n) is 12.6. The summed E-state index contributed by atoms with van der Waals surface area (Å²) in [6, 6.07) is 12.3. The van der Waals surface area contributed by atoms with E-state index in [9.17, 15) is 14.0 Å². The Hall–Kier alpha value is -2.60. The van der Waals surface area contributed by atoms with Gasteiger partial charge in [-0.1, -0.05) is 23.7 Å². The Balaban J connectivity index is 1.65. The number of esters is 1. The van der Waals surface area contributed by atoms with Crippen LogP contribution in [0, 0.1) is 5.82 Å². The Labute approximate surface area is 143 Å². The van der Waals surface area contributed by atoms with Crippen LogP contribution in [0.4, 0.5) is 4.39 Å². The number of hydrogen-bond donors (Lipinski definition) is 1. The van der Waals surface area contributed by atoms with Gasteiger partial charge in [-0.3, -0.25) is 9.59 Å². The number of amides is 1. The van der Waals surface area contributed by atoms with Crippen molar-refractivity contribution in [2.45, 2.75) is 0 Å². The van der Waals surface area contributed by atoms with E-state index in [0.717, 1.165) is 0 Å². The van der Waals surface area contributed by atoms with Crippen LogP contribution in [0.5, 0.6) is 5.75 Å². The van der Waals surface area contributed by atoms with Gasteiger partial charge in [0.15, 0.2) is 0 Å². The van der Waals surface area contributed by atoms with Gasteiger partial charge < -0.3 is 14.8 Å². The average molecular weight is 352 g/mol. The lowest BCUT2D eigenvalue weighted by Crippen LogP contribution is -2.31. The van der Waals surface area contributed by atoms with E-state index in [-0.39, 0.29) is 25.3 Å². The summed E-state index contributed by atoms with van der Waals surface area (Å²) in [7, 11) is 0. The van der Waals surface area contributed by atoms with Crippen LogP contribution in [0.1, 0.15) is 10.4 Å². The van der Waals surface area contributed by atoms with Crippen molar-refractivity contribution in [1.82, 2.24) is 5.32 Å². The van der Waals surface area contributed by atoms with Gasteiger partial charge in [0.25, 0.3) is 5.91 Å². The summed E-state index contributed by atoms with van der Waals surface area (Å²) in [5.41, 5.74) is -0.128. The maximum Gasteiger partial charge on any atom is 0.325 e. The van der Waals surface area contributed by atoms with Crippen molar-refractivity contribution >= 4 is 23.5 Å². The molecule has 2 rings (SSSR count). The first-order valence-corrected chi connectivity index (χ1v) is 7.51. The van der Waals surface area contributed by atoms with Crippen molar-refractivity contribution in [2.75, 3.05) is 19.8 Å². The monoisotopic (exact) mass is 351 g/mol. The van der Waals surface area contributed by atoms with E-state index in [4.69, 9.17) is 21.1 Å². The van der Waals surface area contributed by atoms with Crippen LogP contribution in [0.25, 0.3) is 0 Å². The van der Waals surface area contributed by atoms with Gasteiger partial charge in [0.05, 0.1) is 5.56 Å². The third-order valence-corrected chi connectivity index (χ3v) is 3.19. The molecular weight excluding hydrogens is 337 g/mol. The van der Waals surface area contributed by atoms with Gasteiger partial charge in [0.2, 0.25) is 0 Å². The zero-order chi connectivity index (χ0) is 17.4. The van der Waals surface area contributed by atoms with Gasteiger partial charge in [-0.25, -0.2) is 4.39 Å². The van der Waals surface area contributed by atoms with Gasteiger partial charge in [0.1, 0.15) is 31.3 Å². The zero-order valence-corrected chi connectivity index (χ0v) is 13.4. The van der Waals surface area contributed by atoms with E-state index in [1.54, 1.807) is 24.3 Å². The molecule has 0 atom stereocenters. The van der Waals surface area contributed by atoms with Crippen molar-refractivity contribution in [3.05, 3.63) is 64.9 Å². The van der Waals surface area contributed by atoms with Gasteiger partial charge >= 0.3 is 5.97 Å². The molecule has 2 aromatic rings. The van der Waals surface area contributed by atoms with E-state index in [0.29, 0.717) is 10.8 Å². The number of nitrogens with one attached hydrogen (secondary N) is 1.